The molecule has 0 amide bonds. The molecule has 0 aliphatic rings. The van der Waals surface area contributed by atoms with E-state index in [2.05, 4.69) is 4.98 Å². The van der Waals surface area contributed by atoms with E-state index in [0.717, 1.165) is 6.42 Å². The lowest BCUT2D eigenvalue weighted by Crippen LogP contribution is -1.99. The van der Waals surface area contributed by atoms with Gasteiger partial charge in [-0.15, -0.1) is 0 Å². The van der Waals surface area contributed by atoms with Gasteiger partial charge in [0.25, 0.3) is 0 Å². The first kappa shape index (κ1) is 11.1. The molecule has 0 radical (unpaired) electrons. The van der Waals surface area contributed by atoms with E-state index in [1.54, 1.807) is 24.3 Å². The Kier molecular flexibility index (Phi) is 3.25. The fourth-order valence-corrected chi connectivity index (χ4v) is 1.69. The second kappa shape index (κ2) is 4.66. The number of benzene rings is 1. The van der Waals surface area contributed by atoms with Gasteiger partial charge in [0.2, 0.25) is 11.8 Å². The minimum atomic E-state index is -0.550. The number of hydrogen-bond donors (Lipinski definition) is 0. The van der Waals surface area contributed by atoms with Crippen molar-refractivity contribution in [3.05, 3.63) is 35.2 Å². The first-order valence-corrected chi connectivity index (χ1v) is 5.47. The summed E-state index contributed by atoms with van der Waals surface area (Å²) < 4.78 is 18.9. The van der Waals surface area contributed by atoms with E-state index in [0.29, 0.717) is 22.4 Å². The van der Waals surface area contributed by atoms with Crippen LogP contribution < -0.4 is 4.74 Å². The molecular weight excluding hydrogens is 229 g/mol. The highest BCUT2D eigenvalue weighted by Crippen LogP contribution is 2.27. The lowest BCUT2D eigenvalue weighted by Gasteiger charge is -2.06. The van der Waals surface area contributed by atoms with E-state index in [1.165, 1.54) is 0 Å². The number of pyridine rings is 1. The molecule has 0 fully saturated rings. The highest BCUT2D eigenvalue weighted by molar-refractivity contribution is 6.35. The zero-order valence-corrected chi connectivity index (χ0v) is 9.59. The van der Waals surface area contributed by atoms with Crippen LogP contribution in [0.15, 0.2) is 24.3 Å². The quantitative estimate of drug-likeness (QED) is 0.760. The van der Waals surface area contributed by atoms with Crippen molar-refractivity contribution in [3.63, 3.8) is 0 Å². The van der Waals surface area contributed by atoms with E-state index in [9.17, 15) is 4.39 Å². The van der Waals surface area contributed by atoms with Gasteiger partial charge in [-0.25, -0.2) is 0 Å². The van der Waals surface area contributed by atoms with Crippen LogP contribution in [-0.4, -0.2) is 11.6 Å². The maximum absolute atomic E-state index is 13.6. The molecule has 84 valence electrons. The first-order chi connectivity index (χ1) is 7.72. The van der Waals surface area contributed by atoms with Crippen molar-refractivity contribution < 1.29 is 9.13 Å². The van der Waals surface area contributed by atoms with Crippen molar-refractivity contribution in [1.29, 1.82) is 0 Å². The number of nitrogens with zero attached hydrogens (tertiary/aromatic N) is 1. The number of hydrogen-bond acceptors (Lipinski definition) is 2. The maximum Gasteiger partial charge on any atom is 0.224 e. The van der Waals surface area contributed by atoms with E-state index >= 15 is 0 Å². The van der Waals surface area contributed by atoms with Crippen molar-refractivity contribution >= 4 is 22.4 Å². The molecule has 0 saturated carbocycles. The molecule has 4 heteroatoms. The molecular formula is C12H11ClFNO. The number of ether oxygens (including phenoxy) is 1. The smallest absolute Gasteiger partial charge is 0.224 e. The highest BCUT2D eigenvalue weighted by atomic mass is 35.5. The van der Waals surface area contributed by atoms with Gasteiger partial charge in [-0.2, -0.15) is 9.37 Å². The van der Waals surface area contributed by atoms with Crippen LogP contribution in [0.1, 0.15) is 13.3 Å². The fraction of sp³-hybridized carbons (Fsp3) is 0.250. The van der Waals surface area contributed by atoms with Crippen molar-refractivity contribution in [2.75, 3.05) is 6.61 Å². The molecule has 1 aromatic heterocycles. The Hall–Kier alpha value is -1.35. The molecule has 0 N–H and O–H groups in total. The SMILES string of the molecule is CCCOc1cc2c(Cl)cccc2c(F)n1. The van der Waals surface area contributed by atoms with Crippen molar-refractivity contribution in [3.8, 4) is 5.88 Å². The summed E-state index contributed by atoms with van der Waals surface area (Å²) in [6.45, 7) is 2.49. The van der Waals surface area contributed by atoms with Crippen LogP contribution in [0.25, 0.3) is 10.8 Å². The molecule has 0 spiro atoms. The van der Waals surface area contributed by atoms with E-state index < -0.39 is 5.95 Å². The van der Waals surface area contributed by atoms with Gasteiger partial charge in [0.1, 0.15) is 0 Å². The Balaban J connectivity index is 2.52. The summed E-state index contributed by atoms with van der Waals surface area (Å²) in [4.78, 5) is 3.73. The largest absolute Gasteiger partial charge is 0.478 e. The van der Waals surface area contributed by atoms with Gasteiger partial charge in [-0.05, 0) is 18.6 Å². The lowest BCUT2D eigenvalue weighted by atomic mass is 10.2. The highest BCUT2D eigenvalue weighted by Gasteiger charge is 2.08. The van der Waals surface area contributed by atoms with Crippen LogP contribution in [0, 0.1) is 5.95 Å². The fourth-order valence-electron chi connectivity index (χ4n) is 1.46. The summed E-state index contributed by atoms with van der Waals surface area (Å²) in [6.07, 6.45) is 0.851. The molecule has 0 bridgehead atoms. The zero-order valence-electron chi connectivity index (χ0n) is 8.84. The molecule has 1 aromatic carbocycles. The van der Waals surface area contributed by atoms with E-state index in [-0.39, 0.29) is 5.88 Å². The summed E-state index contributed by atoms with van der Waals surface area (Å²) in [5, 5.41) is 1.54. The van der Waals surface area contributed by atoms with Crippen molar-refractivity contribution in [2.45, 2.75) is 13.3 Å². The third kappa shape index (κ3) is 2.09. The van der Waals surface area contributed by atoms with Crippen LogP contribution in [-0.2, 0) is 0 Å². The molecule has 0 atom stereocenters. The molecule has 2 aromatic rings. The van der Waals surface area contributed by atoms with Gasteiger partial charge in [0.15, 0.2) is 0 Å². The number of rotatable bonds is 3. The first-order valence-electron chi connectivity index (χ1n) is 5.10. The predicted octanol–water partition coefficient (Wildman–Crippen LogP) is 3.82. The van der Waals surface area contributed by atoms with E-state index in [1.807, 2.05) is 6.92 Å². The Morgan fingerprint density at radius 2 is 2.19 bits per heavy atom. The number of fused-ring (bicyclic) bond motifs is 1. The van der Waals surface area contributed by atoms with Crippen LogP contribution >= 0.6 is 11.6 Å². The second-order valence-electron chi connectivity index (χ2n) is 3.43. The molecule has 0 aliphatic heterocycles. The van der Waals surface area contributed by atoms with Gasteiger partial charge in [-0.1, -0.05) is 24.6 Å². The van der Waals surface area contributed by atoms with Crippen LogP contribution in [0.3, 0.4) is 0 Å². The minimum Gasteiger partial charge on any atom is -0.478 e. The summed E-state index contributed by atoms with van der Waals surface area (Å²) in [5.41, 5.74) is 0. The molecule has 2 rings (SSSR count). The zero-order chi connectivity index (χ0) is 11.5. The summed E-state index contributed by atoms with van der Waals surface area (Å²) >= 11 is 5.99. The van der Waals surface area contributed by atoms with Crippen LogP contribution in [0.5, 0.6) is 5.88 Å². The predicted molar refractivity (Wildman–Crippen MR) is 62.5 cm³/mol. The van der Waals surface area contributed by atoms with Gasteiger partial charge in [0.05, 0.1) is 6.61 Å². The van der Waals surface area contributed by atoms with Crippen molar-refractivity contribution in [2.24, 2.45) is 0 Å². The molecule has 0 saturated heterocycles. The third-order valence-electron chi connectivity index (χ3n) is 2.21. The van der Waals surface area contributed by atoms with Gasteiger partial charge in [-0.3, -0.25) is 0 Å². The summed E-state index contributed by atoms with van der Waals surface area (Å²) in [7, 11) is 0. The Bertz CT molecular complexity index is 516. The Labute approximate surface area is 98.0 Å². The Morgan fingerprint density at radius 1 is 1.38 bits per heavy atom. The average molecular weight is 240 g/mol. The average Bonchev–Trinajstić information content (AvgIpc) is 2.28. The topological polar surface area (TPSA) is 22.1 Å². The van der Waals surface area contributed by atoms with Gasteiger partial charge in [0, 0.05) is 21.9 Å². The lowest BCUT2D eigenvalue weighted by molar-refractivity contribution is 0.301. The molecule has 1 heterocycles. The van der Waals surface area contributed by atoms with Crippen LogP contribution in [0.2, 0.25) is 5.02 Å². The molecule has 16 heavy (non-hydrogen) atoms. The number of aromatic nitrogens is 1. The minimum absolute atomic E-state index is 0.278. The molecule has 2 nitrogen and oxygen atoms in total. The standard InChI is InChI=1S/C12H11ClFNO/c1-2-6-16-11-7-9-8(12(14)15-11)4-3-5-10(9)13/h3-5,7H,2,6H2,1H3. The van der Waals surface area contributed by atoms with E-state index in [4.69, 9.17) is 16.3 Å². The molecule has 0 aliphatic carbocycles. The van der Waals surface area contributed by atoms with Crippen molar-refractivity contribution in [1.82, 2.24) is 4.98 Å². The van der Waals surface area contributed by atoms with Gasteiger partial charge < -0.3 is 4.74 Å². The number of halogens is 2. The monoisotopic (exact) mass is 239 g/mol. The second-order valence-corrected chi connectivity index (χ2v) is 3.84. The Morgan fingerprint density at radius 3 is 2.94 bits per heavy atom. The maximum atomic E-state index is 13.6. The van der Waals surface area contributed by atoms with Gasteiger partial charge >= 0.3 is 0 Å². The third-order valence-corrected chi connectivity index (χ3v) is 2.53. The van der Waals surface area contributed by atoms with Crippen LogP contribution in [0.4, 0.5) is 4.39 Å². The summed E-state index contributed by atoms with van der Waals surface area (Å²) in [6, 6.07) is 6.72. The summed E-state index contributed by atoms with van der Waals surface area (Å²) in [5.74, 6) is -0.272. The normalized spacial score (nSPS) is 10.7. The molecule has 0 unspecified atom stereocenters.